The van der Waals surface area contributed by atoms with Crippen LogP contribution in [-0.4, -0.2) is 19.9 Å². The summed E-state index contributed by atoms with van der Waals surface area (Å²) in [6.07, 6.45) is 0. The van der Waals surface area contributed by atoms with Gasteiger partial charge in [0.2, 0.25) is 11.8 Å². The lowest BCUT2D eigenvalue weighted by Crippen LogP contribution is -2.18. The van der Waals surface area contributed by atoms with Crippen LogP contribution in [0.1, 0.15) is 52.7 Å². The number of rotatable bonds is 10. The topological polar surface area (TPSA) is 84.3 Å². The molecule has 0 aliphatic heterocycles. The summed E-state index contributed by atoms with van der Waals surface area (Å²) in [5.41, 5.74) is 18.5. The second kappa shape index (κ2) is 18.5. The van der Waals surface area contributed by atoms with E-state index in [0.29, 0.717) is 11.8 Å². The van der Waals surface area contributed by atoms with E-state index in [-0.39, 0.29) is 10.8 Å². The Bertz CT molecular complexity index is 3620. The molecule has 0 saturated carbocycles. The average molecular weight is 963 g/mol. The first-order valence-electron chi connectivity index (χ1n) is 25.1. The lowest BCUT2D eigenvalue weighted by atomic mass is 9.80. The summed E-state index contributed by atoms with van der Waals surface area (Å²) < 4.78 is 12.3. The van der Waals surface area contributed by atoms with Crippen LogP contribution in [0.25, 0.3) is 78.7 Å². The first-order chi connectivity index (χ1) is 35.9. The number of hydrogen-bond donors (Lipinski definition) is 0. The van der Waals surface area contributed by atoms with Crippen molar-refractivity contribution in [3.8, 4) is 45.4 Å². The van der Waals surface area contributed by atoms with Crippen molar-refractivity contribution < 1.29 is 8.83 Å². The SMILES string of the molecule is CC(C)(C)c1ccc(C(C)(C)C)c2nc(-c3ccc(N(c4ccccc4)c4ccc(-c5nc6ccccc6o5)cc4)cc3)c(-c3ccc(N(c4ccccc4)c4ccc(-c5nc6ccccc6o5)cc4)cc3)nc12. The number of fused-ring (bicyclic) bond motifs is 3. The normalized spacial score (nSPS) is 11.9. The van der Waals surface area contributed by atoms with Gasteiger partial charge in [-0.15, -0.1) is 0 Å². The van der Waals surface area contributed by atoms with E-state index in [9.17, 15) is 0 Å². The number of hydrogen-bond acceptors (Lipinski definition) is 8. The molecule has 12 aromatic rings. The molecule has 9 aromatic carbocycles. The third kappa shape index (κ3) is 8.74. The fraction of sp³-hybridized carbons (Fsp3) is 0.121. The molecule has 3 heterocycles. The molecule has 0 spiro atoms. The van der Waals surface area contributed by atoms with Crippen molar-refractivity contribution in [1.82, 2.24) is 19.9 Å². The van der Waals surface area contributed by atoms with Crippen molar-refractivity contribution >= 4 is 67.4 Å². The van der Waals surface area contributed by atoms with E-state index in [4.69, 9.17) is 28.8 Å². The molecule has 0 atom stereocenters. The summed E-state index contributed by atoms with van der Waals surface area (Å²) >= 11 is 0. The minimum atomic E-state index is -0.179. The predicted octanol–water partition coefficient (Wildman–Crippen LogP) is 18.1. The van der Waals surface area contributed by atoms with Crippen LogP contribution in [0.15, 0.2) is 227 Å². The molecule has 0 amide bonds. The molecule has 360 valence electrons. The van der Waals surface area contributed by atoms with Crippen LogP contribution in [0.2, 0.25) is 0 Å². The van der Waals surface area contributed by atoms with Crippen molar-refractivity contribution in [3.63, 3.8) is 0 Å². The van der Waals surface area contributed by atoms with Gasteiger partial charge in [-0.3, -0.25) is 0 Å². The van der Waals surface area contributed by atoms with Crippen LogP contribution in [-0.2, 0) is 10.8 Å². The van der Waals surface area contributed by atoms with Crippen LogP contribution >= 0.6 is 0 Å². The lowest BCUT2D eigenvalue weighted by molar-refractivity contribution is 0.583. The van der Waals surface area contributed by atoms with Crippen molar-refractivity contribution in [1.29, 1.82) is 0 Å². The highest BCUT2D eigenvalue weighted by Crippen LogP contribution is 2.43. The number of nitrogens with zero attached hydrogens (tertiary/aromatic N) is 6. The van der Waals surface area contributed by atoms with Gasteiger partial charge in [-0.2, -0.15) is 0 Å². The van der Waals surface area contributed by atoms with Gasteiger partial charge in [0.05, 0.1) is 22.4 Å². The van der Waals surface area contributed by atoms with E-state index in [1.54, 1.807) is 0 Å². The molecule has 0 N–H and O–H groups in total. The molecule has 0 radical (unpaired) electrons. The molecule has 12 rings (SSSR count). The summed E-state index contributed by atoms with van der Waals surface area (Å²) in [7, 11) is 0. The zero-order valence-corrected chi connectivity index (χ0v) is 42.3. The molecule has 0 aliphatic rings. The minimum absolute atomic E-state index is 0.179. The van der Waals surface area contributed by atoms with Gasteiger partial charge in [0.1, 0.15) is 11.0 Å². The second-order valence-corrected chi connectivity index (χ2v) is 20.8. The molecule has 0 aliphatic carbocycles. The maximum absolute atomic E-state index is 6.13. The van der Waals surface area contributed by atoms with Gasteiger partial charge in [-0.05, 0) is 143 Å². The van der Waals surface area contributed by atoms with Gasteiger partial charge in [-0.25, -0.2) is 19.9 Å². The smallest absolute Gasteiger partial charge is 0.227 e. The fourth-order valence-electron chi connectivity index (χ4n) is 9.83. The molecular weight excluding hydrogens is 909 g/mol. The highest BCUT2D eigenvalue weighted by Gasteiger charge is 2.27. The maximum atomic E-state index is 6.13. The molecule has 8 nitrogen and oxygen atoms in total. The van der Waals surface area contributed by atoms with Gasteiger partial charge in [0.25, 0.3) is 0 Å². The fourth-order valence-corrected chi connectivity index (χ4v) is 9.83. The molecule has 8 heteroatoms. The number of benzene rings is 9. The van der Waals surface area contributed by atoms with Crippen LogP contribution in [0, 0.1) is 0 Å². The quantitative estimate of drug-likeness (QED) is 0.134. The Morgan fingerprint density at radius 3 is 0.919 bits per heavy atom. The van der Waals surface area contributed by atoms with Crippen LogP contribution < -0.4 is 9.80 Å². The molecule has 74 heavy (non-hydrogen) atoms. The first-order valence-corrected chi connectivity index (χ1v) is 25.1. The summed E-state index contributed by atoms with van der Waals surface area (Å²) in [5.74, 6) is 1.19. The lowest BCUT2D eigenvalue weighted by Gasteiger charge is -2.27. The van der Waals surface area contributed by atoms with Gasteiger partial charge >= 0.3 is 0 Å². The Balaban J connectivity index is 0.953. The van der Waals surface area contributed by atoms with Crippen molar-refractivity contribution in [2.45, 2.75) is 52.4 Å². The van der Waals surface area contributed by atoms with Crippen LogP contribution in [0.4, 0.5) is 34.1 Å². The molecule has 0 bridgehead atoms. The van der Waals surface area contributed by atoms with Gasteiger partial charge in [0, 0.05) is 56.4 Å². The summed E-state index contributed by atoms with van der Waals surface area (Å²) in [5, 5.41) is 0. The zero-order valence-electron chi connectivity index (χ0n) is 42.3. The zero-order chi connectivity index (χ0) is 50.6. The Hall–Kier alpha value is -9.14. The Kier molecular flexibility index (Phi) is 11.5. The number of oxazole rings is 2. The van der Waals surface area contributed by atoms with E-state index < -0.39 is 0 Å². The molecule has 3 aromatic heterocycles. The number of anilines is 6. The van der Waals surface area contributed by atoms with Gasteiger partial charge < -0.3 is 18.6 Å². The predicted molar refractivity (Wildman–Crippen MR) is 303 cm³/mol. The van der Waals surface area contributed by atoms with E-state index in [1.807, 2.05) is 60.7 Å². The Morgan fingerprint density at radius 2 is 0.595 bits per heavy atom. The molecule has 0 saturated heterocycles. The third-order valence-electron chi connectivity index (χ3n) is 13.6. The first kappa shape index (κ1) is 46.0. The monoisotopic (exact) mass is 962 g/mol. The third-order valence-corrected chi connectivity index (χ3v) is 13.6. The van der Waals surface area contributed by atoms with E-state index in [2.05, 4.69) is 209 Å². The second-order valence-electron chi connectivity index (χ2n) is 20.8. The van der Waals surface area contributed by atoms with E-state index >= 15 is 0 Å². The highest BCUT2D eigenvalue weighted by molar-refractivity contribution is 5.92. The number of para-hydroxylation sites is 6. The Labute approximate surface area is 431 Å². The van der Waals surface area contributed by atoms with E-state index in [1.165, 1.54) is 0 Å². The van der Waals surface area contributed by atoms with Gasteiger partial charge in [0.15, 0.2) is 11.2 Å². The van der Waals surface area contributed by atoms with Crippen molar-refractivity contribution in [3.05, 3.63) is 230 Å². The Morgan fingerprint density at radius 1 is 0.297 bits per heavy atom. The van der Waals surface area contributed by atoms with Crippen molar-refractivity contribution in [2.24, 2.45) is 0 Å². The summed E-state index contributed by atoms with van der Waals surface area (Å²) in [6, 6.07) is 75.3. The minimum Gasteiger partial charge on any atom is -0.436 e. The van der Waals surface area contributed by atoms with Crippen molar-refractivity contribution in [2.75, 3.05) is 9.80 Å². The van der Waals surface area contributed by atoms with Gasteiger partial charge in [-0.1, -0.05) is 139 Å². The molecule has 0 fully saturated rings. The molecule has 0 unspecified atom stereocenters. The highest BCUT2D eigenvalue weighted by atomic mass is 16.4. The maximum Gasteiger partial charge on any atom is 0.227 e. The van der Waals surface area contributed by atoms with Crippen LogP contribution in [0.5, 0.6) is 0 Å². The average Bonchev–Trinajstić information content (AvgIpc) is 4.07. The summed E-state index contributed by atoms with van der Waals surface area (Å²) in [6.45, 7) is 13.5. The molecular formula is C66H54N6O2. The largest absolute Gasteiger partial charge is 0.436 e. The van der Waals surface area contributed by atoms with Crippen LogP contribution in [0.3, 0.4) is 0 Å². The van der Waals surface area contributed by atoms with E-state index in [0.717, 1.165) is 112 Å². The standard InChI is InChI=1S/C66H54N6O2/c1-65(2,3)53-41-42-54(66(4,5)6)62-61(53)69-59(43-25-33-49(34-26-43)71(47-17-9-7-10-18-47)51-37-29-45(30-38-51)63-67-55-21-13-15-23-57(55)73-63)60(70-62)44-27-35-50(36-28-44)72(48-19-11-8-12-20-48)52-39-31-46(32-40-52)64-68-56-22-14-16-24-58(56)74-64/h7-42H,1-6H3. The summed E-state index contributed by atoms with van der Waals surface area (Å²) in [4.78, 5) is 25.4. The number of aromatic nitrogens is 4.